The largest absolute Gasteiger partial charge is 0.335 e. The fourth-order valence-electron chi connectivity index (χ4n) is 1.99. The molecule has 0 saturated heterocycles. The third-order valence-electron chi connectivity index (χ3n) is 3.15. The summed E-state index contributed by atoms with van der Waals surface area (Å²) >= 11 is 15.5. The standard InChI is InChI=1S/C16H14BrCl2NO/c1-2-20(10-11-5-3-4-6-15(11)19)16(21)13-8-7-12(18)9-14(13)17/h3-9H,2,10H2,1H3. The Morgan fingerprint density at radius 2 is 1.90 bits per heavy atom. The van der Waals surface area contributed by atoms with Gasteiger partial charge in [0.15, 0.2) is 0 Å². The second kappa shape index (κ2) is 7.30. The number of hydrogen-bond acceptors (Lipinski definition) is 1. The van der Waals surface area contributed by atoms with E-state index in [4.69, 9.17) is 23.2 Å². The van der Waals surface area contributed by atoms with Crippen LogP contribution in [-0.4, -0.2) is 17.4 Å². The van der Waals surface area contributed by atoms with Gasteiger partial charge in [-0.3, -0.25) is 4.79 Å². The number of carbonyl (C=O) groups is 1. The van der Waals surface area contributed by atoms with E-state index in [1.165, 1.54) is 0 Å². The monoisotopic (exact) mass is 385 g/mol. The van der Waals surface area contributed by atoms with Crippen molar-refractivity contribution in [3.05, 3.63) is 68.1 Å². The van der Waals surface area contributed by atoms with Crippen molar-refractivity contribution in [1.82, 2.24) is 4.90 Å². The van der Waals surface area contributed by atoms with E-state index in [0.29, 0.717) is 33.2 Å². The predicted molar refractivity (Wildman–Crippen MR) is 91.0 cm³/mol. The van der Waals surface area contributed by atoms with Crippen LogP contribution in [0.25, 0.3) is 0 Å². The van der Waals surface area contributed by atoms with Gasteiger partial charge in [-0.15, -0.1) is 0 Å². The zero-order valence-electron chi connectivity index (χ0n) is 11.4. The highest BCUT2D eigenvalue weighted by Crippen LogP contribution is 2.24. The van der Waals surface area contributed by atoms with Crippen molar-refractivity contribution in [2.75, 3.05) is 6.54 Å². The average molecular weight is 387 g/mol. The summed E-state index contributed by atoms with van der Waals surface area (Å²) in [7, 11) is 0. The third-order valence-corrected chi connectivity index (χ3v) is 4.41. The zero-order chi connectivity index (χ0) is 15.4. The molecule has 0 radical (unpaired) electrons. The molecule has 0 aliphatic heterocycles. The Morgan fingerprint density at radius 3 is 2.52 bits per heavy atom. The molecule has 2 aromatic carbocycles. The van der Waals surface area contributed by atoms with E-state index >= 15 is 0 Å². The van der Waals surface area contributed by atoms with Gasteiger partial charge in [-0.2, -0.15) is 0 Å². The first-order valence-electron chi connectivity index (χ1n) is 6.50. The Balaban J connectivity index is 2.25. The van der Waals surface area contributed by atoms with E-state index < -0.39 is 0 Å². The summed E-state index contributed by atoms with van der Waals surface area (Å²) in [6.45, 7) is 3.02. The minimum absolute atomic E-state index is 0.0547. The molecule has 1 amide bonds. The molecule has 0 aliphatic rings. The van der Waals surface area contributed by atoms with Gasteiger partial charge in [0.05, 0.1) is 5.56 Å². The molecule has 2 aromatic rings. The van der Waals surface area contributed by atoms with Crippen LogP contribution in [0.5, 0.6) is 0 Å². The molecule has 110 valence electrons. The van der Waals surface area contributed by atoms with E-state index in [9.17, 15) is 4.79 Å². The van der Waals surface area contributed by atoms with E-state index in [1.807, 2.05) is 31.2 Å². The van der Waals surface area contributed by atoms with Crippen LogP contribution >= 0.6 is 39.1 Å². The van der Waals surface area contributed by atoms with E-state index in [0.717, 1.165) is 5.56 Å². The fourth-order valence-corrected chi connectivity index (χ4v) is 3.04. The summed E-state index contributed by atoms with van der Waals surface area (Å²) in [6.07, 6.45) is 0. The van der Waals surface area contributed by atoms with E-state index in [-0.39, 0.29) is 5.91 Å². The third kappa shape index (κ3) is 4.00. The lowest BCUT2D eigenvalue weighted by molar-refractivity contribution is 0.0752. The fraction of sp³-hybridized carbons (Fsp3) is 0.188. The van der Waals surface area contributed by atoms with Gasteiger partial charge in [-0.05, 0) is 52.7 Å². The van der Waals surface area contributed by atoms with Gasteiger partial charge in [0, 0.05) is 27.6 Å². The molecule has 0 fully saturated rings. The molecule has 5 heteroatoms. The highest BCUT2D eigenvalue weighted by molar-refractivity contribution is 9.10. The lowest BCUT2D eigenvalue weighted by Crippen LogP contribution is -2.30. The number of hydrogen-bond donors (Lipinski definition) is 0. The number of amides is 1. The molecule has 0 N–H and O–H groups in total. The van der Waals surface area contributed by atoms with Gasteiger partial charge in [-0.1, -0.05) is 41.4 Å². The van der Waals surface area contributed by atoms with Gasteiger partial charge in [0.1, 0.15) is 0 Å². The van der Waals surface area contributed by atoms with Crippen LogP contribution in [0, 0.1) is 0 Å². The Hall–Kier alpha value is -1.03. The minimum atomic E-state index is -0.0547. The molecule has 2 nitrogen and oxygen atoms in total. The molecule has 0 unspecified atom stereocenters. The van der Waals surface area contributed by atoms with Crippen molar-refractivity contribution in [3.8, 4) is 0 Å². The van der Waals surface area contributed by atoms with Crippen LogP contribution in [0.15, 0.2) is 46.9 Å². The SMILES string of the molecule is CCN(Cc1ccccc1Cl)C(=O)c1ccc(Cl)cc1Br. The molecule has 0 bridgehead atoms. The summed E-state index contributed by atoms with van der Waals surface area (Å²) in [6, 6.07) is 12.7. The Labute approximate surface area is 142 Å². The first-order chi connectivity index (χ1) is 10.0. The summed E-state index contributed by atoms with van der Waals surface area (Å²) in [5.41, 5.74) is 1.52. The Bertz CT molecular complexity index is 660. The molecular weight excluding hydrogens is 373 g/mol. The number of nitrogens with zero attached hydrogens (tertiary/aromatic N) is 1. The average Bonchev–Trinajstić information content (AvgIpc) is 2.46. The van der Waals surface area contributed by atoms with Gasteiger partial charge in [0.25, 0.3) is 5.91 Å². The van der Waals surface area contributed by atoms with Gasteiger partial charge < -0.3 is 4.90 Å². The second-order valence-corrected chi connectivity index (χ2v) is 6.23. The maximum Gasteiger partial charge on any atom is 0.255 e. The quantitative estimate of drug-likeness (QED) is 0.687. The second-order valence-electron chi connectivity index (χ2n) is 4.53. The smallest absolute Gasteiger partial charge is 0.255 e. The van der Waals surface area contributed by atoms with Gasteiger partial charge >= 0.3 is 0 Å². The molecule has 2 rings (SSSR count). The highest BCUT2D eigenvalue weighted by atomic mass is 79.9. The highest BCUT2D eigenvalue weighted by Gasteiger charge is 2.18. The van der Waals surface area contributed by atoms with Crippen LogP contribution in [0.4, 0.5) is 0 Å². The van der Waals surface area contributed by atoms with Gasteiger partial charge in [-0.25, -0.2) is 0 Å². The van der Waals surface area contributed by atoms with Crippen LogP contribution in [0.2, 0.25) is 10.0 Å². The molecular formula is C16H14BrCl2NO. The normalized spacial score (nSPS) is 10.5. The van der Waals surface area contributed by atoms with Crippen molar-refractivity contribution in [2.45, 2.75) is 13.5 Å². The first kappa shape index (κ1) is 16.3. The Kier molecular flexibility index (Phi) is 5.68. The van der Waals surface area contributed by atoms with Crippen LogP contribution in [0.3, 0.4) is 0 Å². The van der Waals surface area contributed by atoms with E-state index in [1.54, 1.807) is 23.1 Å². The van der Waals surface area contributed by atoms with Gasteiger partial charge in [0.2, 0.25) is 0 Å². The summed E-state index contributed by atoms with van der Waals surface area (Å²) in [4.78, 5) is 14.4. The minimum Gasteiger partial charge on any atom is -0.335 e. The molecule has 21 heavy (non-hydrogen) atoms. The number of rotatable bonds is 4. The van der Waals surface area contributed by atoms with Crippen LogP contribution in [-0.2, 0) is 6.54 Å². The molecule has 0 saturated carbocycles. The molecule has 0 aromatic heterocycles. The van der Waals surface area contributed by atoms with Crippen molar-refractivity contribution in [3.63, 3.8) is 0 Å². The first-order valence-corrected chi connectivity index (χ1v) is 8.05. The van der Waals surface area contributed by atoms with Crippen LogP contribution in [0.1, 0.15) is 22.8 Å². The molecule has 0 spiro atoms. The number of carbonyl (C=O) groups excluding carboxylic acids is 1. The summed E-state index contributed by atoms with van der Waals surface area (Å²) < 4.78 is 0.692. The molecule has 0 heterocycles. The topological polar surface area (TPSA) is 20.3 Å². The number of benzene rings is 2. The van der Waals surface area contributed by atoms with Crippen molar-refractivity contribution < 1.29 is 4.79 Å². The van der Waals surface area contributed by atoms with Crippen molar-refractivity contribution >= 4 is 45.0 Å². The summed E-state index contributed by atoms with van der Waals surface area (Å²) in [5.74, 6) is -0.0547. The van der Waals surface area contributed by atoms with Crippen molar-refractivity contribution in [2.24, 2.45) is 0 Å². The molecule has 0 atom stereocenters. The maximum atomic E-state index is 12.6. The summed E-state index contributed by atoms with van der Waals surface area (Å²) in [5, 5.41) is 1.26. The lowest BCUT2D eigenvalue weighted by Gasteiger charge is -2.22. The van der Waals surface area contributed by atoms with Crippen molar-refractivity contribution in [1.29, 1.82) is 0 Å². The predicted octanol–water partition coefficient (Wildman–Crippen LogP) is 5.42. The maximum absolute atomic E-state index is 12.6. The number of halogens is 3. The lowest BCUT2D eigenvalue weighted by atomic mass is 10.1. The van der Waals surface area contributed by atoms with Crippen LogP contribution < -0.4 is 0 Å². The molecule has 0 aliphatic carbocycles. The zero-order valence-corrected chi connectivity index (χ0v) is 14.5. The Morgan fingerprint density at radius 1 is 1.19 bits per heavy atom. The van der Waals surface area contributed by atoms with E-state index in [2.05, 4.69) is 15.9 Å².